The van der Waals surface area contributed by atoms with Crippen LogP contribution in [0.3, 0.4) is 0 Å². The molecule has 0 radical (unpaired) electrons. The van der Waals surface area contributed by atoms with Gasteiger partial charge >= 0.3 is 0 Å². The van der Waals surface area contributed by atoms with Crippen LogP contribution in [0.1, 0.15) is 25.0 Å². The topological polar surface area (TPSA) is 106 Å². The molecule has 1 saturated carbocycles. The summed E-state index contributed by atoms with van der Waals surface area (Å²) in [6.07, 6.45) is 5.44. The molecule has 2 heterocycles. The van der Waals surface area contributed by atoms with Crippen LogP contribution in [0.2, 0.25) is 0 Å². The van der Waals surface area contributed by atoms with E-state index in [9.17, 15) is 9.90 Å². The summed E-state index contributed by atoms with van der Waals surface area (Å²) in [6, 6.07) is 5.76. The summed E-state index contributed by atoms with van der Waals surface area (Å²) in [5, 5.41) is 23.4. The fourth-order valence-electron chi connectivity index (χ4n) is 2.82. The summed E-state index contributed by atoms with van der Waals surface area (Å²) >= 11 is 0. The maximum atomic E-state index is 12.2. The molecule has 1 fully saturated rings. The average molecular weight is 316 g/mol. The second-order valence-electron chi connectivity index (χ2n) is 5.91. The van der Waals surface area contributed by atoms with Crippen LogP contribution in [0.4, 0.5) is 0 Å². The molecule has 0 spiro atoms. The fraction of sp³-hybridized carbons (Fsp3) is 0.533. The van der Waals surface area contributed by atoms with Crippen molar-refractivity contribution in [2.45, 2.75) is 44.4 Å². The van der Waals surface area contributed by atoms with Crippen molar-refractivity contribution in [3.05, 3.63) is 36.4 Å². The maximum absolute atomic E-state index is 12.2. The van der Waals surface area contributed by atoms with Crippen molar-refractivity contribution in [3.63, 3.8) is 0 Å². The van der Waals surface area contributed by atoms with Crippen LogP contribution in [0.25, 0.3) is 0 Å². The van der Waals surface area contributed by atoms with Gasteiger partial charge in [-0.05, 0) is 41.3 Å². The van der Waals surface area contributed by atoms with E-state index in [1.54, 1.807) is 6.20 Å². The maximum Gasteiger partial charge on any atom is 0.222 e. The third-order valence-corrected chi connectivity index (χ3v) is 4.18. The van der Waals surface area contributed by atoms with E-state index in [-0.39, 0.29) is 18.1 Å². The number of carbonyl (C=O) groups excluding carboxylic acids is 1. The highest BCUT2D eigenvalue weighted by atomic mass is 16.3. The minimum absolute atomic E-state index is 0.00493. The second-order valence-corrected chi connectivity index (χ2v) is 5.91. The lowest BCUT2D eigenvalue weighted by Crippen LogP contribution is -2.48. The SMILES string of the molecule is O=C(CCn1cnnn1)N[C@H](Cc1ccccn1)C1CC(O)C1. The molecule has 8 nitrogen and oxygen atoms in total. The molecule has 1 aliphatic rings. The zero-order valence-corrected chi connectivity index (χ0v) is 12.7. The molecular formula is C15H20N6O2. The first-order valence-corrected chi connectivity index (χ1v) is 7.79. The van der Waals surface area contributed by atoms with Crippen molar-refractivity contribution >= 4 is 5.91 Å². The number of hydrogen-bond acceptors (Lipinski definition) is 6. The minimum Gasteiger partial charge on any atom is -0.393 e. The molecule has 1 aliphatic carbocycles. The number of aryl methyl sites for hydroxylation is 1. The number of amides is 1. The molecule has 2 aromatic heterocycles. The van der Waals surface area contributed by atoms with Gasteiger partial charge in [0.25, 0.3) is 0 Å². The summed E-state index contributed by atoms with van der Waals surface area (Å²) in [4.78, 5) is 16.5. The Kier molecular flexibility index (Phi) is 4.92. The molecule has 23 heavy (non-hydrogen) atoms. The Balaban J connectivity index is 1.55. The first-order valence-electron chi connectivity index (χ1n) is 7.79. The van der Waals surface area contributed by atoms with Crippen molar-refractivity contribution in [1.29, 1.82) is 0 Å². The Morgan fingerprint density at radius 2 is 2.30 bits per heavy atom. The Morgan fingerprint density at radius 3 is 2.96 bits per heavy atom. The van der Waals surface area contributed by atoms with E-state index in [0.29, 0.717) is 25.3 Å². The third-order valence-electron chi connectivity index (χ3n) is 4.18. The molecule has 0 saturated heterocycles. The molecule has 0 aliphatic heterocycles. The first kappa shape index (κ1) is 15.5. The van der Waals surface area contributed by atoms with Crippen molar-refractivity contribution in [2.24, 2.45) is 5.92 Å². The molecule has 2 aromatic rings. The highest BCUT2D eigenvalue weighted by molar-refractivity contribution is 5.76. The Labute approximate surface area is 133 Å². The van der Waals surface area contributed by atoms with E-state index in [4.69, 9.17) is 0 Å². The standard InChI is InChI=1S/C15H20N6O2/c22-13-7-11(8-13)14(9-12-3-1-2-5-16-12)18-15(23)4-6-21-10-17-19-20-21/h1-3,5,10-11,13-14,22H,4,6-9H2,(H,18,23)/t11?,13?,14-/m1/s1. The number of pyridine rings is 1. The van der Waals surface area contributed by atoms with Gasteiger partial charge in [0.2, 0.25) is 5.91 Å². The minimum atomic E-state index is -0.246. The lowest BCUT2D eigenvalue weighted by molar-refractivity contribution is -0.123. The quantitative estimate of drug-likeness (QED) is 0.742. The second kappa shape index (κ2) is 7.28. The molecule has 0 aromatic carbocycles. The van der Waals surface area contributed by atoms with Gasteiger partial charge in [-0.25, -0.2) is 4.68 Å². The molecule has 1 amide bonds. The fourth-order valence-corrected chi connectivity index (χ4v) is 2.82. The number of carbonyl (C=O) groups is 1. The van der Waals surface area contributed by atoms with Gasteiger partial charge in [-0.2, -0.15) is 0 Å². The summed E-state index contributed by atoms with van der Waals surface area (Å²) in [5.74, 6) is 0.256. The van der Waals surface area contributed by atoms with Crippen LogP contribution in [-0.4, -0.2) is 48.4 Å². The van der Waals surface area contributed by atoms with Crippen molar-refractivity contribution in [3.8, 4) is 0 Å². The molecule has 2 N–H and O–H groups in total. The summed E-state index contributed by atoms with van der Waals surface area (Å²) in [6.45, 7) is 0.447. The molecule has 8 heteroatoms. The van der Waals surface area contributed by atoms with Gasteiger partial charge in [-0.1, -0.05) is 6.07 Å². The van der Waals surface area contributed by atoms with Gasteiger partial charge < -0.3 is 10.4 Å². The summed E-state index contributed by atoms with van der Waals surface area (Å²) in [7, 11) is 0. The average Bonchev–Trinajstić information content (AvgIpc) is 3.04. The first-order chi connectivity index (χ1) is 11.2. The highest BCUT2D eigenvalue weighted by Gasteiger charge is 2.34. The van der Waals surface area contributed by atoms with Gasteiger partial charge in [0.05, 0.1) is 12.6 Å². The predicted molar refractivity (Wildman–Crippen MR) is 81.0 cm³/mol. The summed E-state index contributed by atoms with van der Waals surface area (Å²) in [5.41, 5.74) is 0.944. The molecule has 1 atom stereocenters. The molecule has 3 rings (SSSR count). The van der Waals surface area contributed by atoms with Gasteiger partial charge in [-0.3, -0.25) is 9.78 Å². The van der Waals surface area contributed by atoms with Crippen LogP contribution in [0, 0.1) is 5.92 Å². The normalized spacial score (nSPS) is 21.4. The number of aromatic nitrogens is 5. The Morgan fingerprint density at radius 1 is 1.43 bits per heavy atom. The number of hydrogen-bond donors (Lipinski definition) is 2. The summed E-state index contributed by atoms with van der Waals surface area (Å²) < 4.78 is 1.53. The monoisotopic (exact) mass is 316 g/mol. The highest BCUT2D eigenvalue weighted by Crippen LogP contribution is 2.31. The van der Waals surface area contributed by atoms with Crippen LogP contribution >= 0.6 is 0 Å². The van der Waals surface area contributed by atoms with E-state index in [2.05, 4.69) is 25.8 Å². The van der Waals surface area contributed by atoms with Crippen molar-refractivity contribution in [1.82, 2.24) is 30.5 Å². The lowest BCUT2D eigenvalue weighted by atomic mass is 9.76. The van der Waals surface area contributed by atoms with Crippen LogP contribution < -0.4 is 5.32 Å². The number of tetrazole rings is 1. The van der Waals surface area contributed by atoms with Crippen LogP contribution in [0.15, 0.2) is 30.7 Å². The van der Waals surface area contributed by atoms with E-state index in [0.717, 1.165) is 18.5 Å². The zero-order chi connectivity index (χ0) is 16.1. The van der Waals surface area contributed by atoms with Crippen LogP contribution in [0.5, 0.6) is 0 Å². The predicted octanol–water partition coefficient (Wildman–Crippen LogP) is -0.0434. The van der Waals surface area contributed by atoms with Crippen LogP contribution in [-0.2, 0) is 17.8 Å². The zero-order valence-electron chi connectivity index (χ0n) is 12.7. The van der Waals surface area contributed by atoms with Crippen molar-refractivity contribution in [2.75, 3.05) is 0 Å². The number of nitrogens with one attached hydrogen (secondary N) is 1. The van der Waals surface area contributed by atoms with E-state index in [1.165, 1.54) is 11.0 Å². The van der Waals surface area contributed by atoms with Gasteiger partial charge in [0.15, 0.2) is 0 Å². The smallest absolute Gasteiger partial charge is 0.222 e. The number of rotatable bonds is 7. The third kappa shape index (κ3) is 4.32. The number of aliphatic hydroxyl groups excluding tert-OH is 1. The Hall–Kier alpha value is -2.35. The van der Waals surface area contributed by atoms with Gasteiger partial charge in [-0.15, -0.1) is 5.10 Å². The van der Waals surface area contributed by atoms with Gasteiger partial charge in [0, 0.05) is 30.8 Å². The van der Waals surface area contributed by atoms with Gasteiger partial charge in [0.1, 0.15) is 6.33 Å². The largest absolute Gasteiger partial charge is 0.393 e. The molecule has 0 bridgehead atoms. The molecular weight excluding hydrogens is 296 g/mol. The lowest BCUT2D eigenvalue weighted by Gasteiger charge is -2.38. The number of nitrogens with zero attached hydrogens (tertiary/aromatic N) is 5. The number of aliphatic hydroxyl groups is 1. The van der Waals surface area contributed by atoms with E-state index in [1.807, 2.05) is 18.2 Å². The van der Waals surface area contributed by atoms with E-state index < -0.39 is 0 Å². The van der Waals surface area contributed by atoms with E-state index >= 15 is 0 Å². The molecule has 0 unspecified atom stereocenters. The van der Waals surface area contributed by atoms with Crippen molar-refractivity contribution < 1.29 is 9.90 Å². The Bertz CT molecular complexity index is 612. The molecule has 122 valence electrons.